The average Bonchev–Trinajstić information content (AvgIpc) is 3.80. The summed E-state index contributed by atoms with van der Waals surface area (Å²) in [5.41, 5.74) is 6.33. The second-order valence-corrected chi connectivity index (χ2v) is 26.0. The highest BCUT2D eigenvalue weighted by molar-refractivity contribution is 6.90. The van der Waals surface area contributed by atoms with Crippen molar-refractivity contribution in [3.63, 3.8) is 0 Å². The van der Waals surface area contributed by atoms with Gasteiger partial charge in [0.25, 0.3) is 0 Å². The first kappa shape index (κ1) is 45.7. The molecule has 64 heavy (non-hydrogen) atoms. The minimum Gasteiger partial charge on any atom is -0.468 e. The molecule has 2 aromatic carbocycles. The number of pyridine rings is 1. The van der Waals surface area contributed by atoms with Gasteiger partial charge in [0, 0.05) is 62.4 Å². The van der Waals surface area contributed by atoms with Crippen molar-refractivity contribution >= 4 is 41.7 Å². The number of carbonyl (C=O) groups excluding carboxylic acids is 1. The summed E-state index contributed by atoms with van der Waals surface area (Å²) in [4.78, 5) is 34.1. The number of alkyl halides is 1. The fourth-order valence-electron chi connectivity index (χ4n) is 11.4. The summed E-state index contributed by atoms with van der Waals surface area (Å²) in [6, 6.07) is 9.37. The Bertz CT molecular complexity index is 2480. The van der Waals surface area contributed by atoms with Gasteiger partial charge in [-0.05, 0) is 80.2 Å². The van der Waals surface area contributed by atoms with Crippen LogP contribution in [-0.2, 0) is 9.47 Å². The average molecular weight is 895 g/mol. The zero-order chi connectivity index (χ0) is 45.9. The smallest absolute Gasteiger partial charge is 0.410 e. The maximum absolute atomic E-state index is 17.9. The summed E-state index contributed by atoms with van der Waals surface area (Å²) in [5.74, 6) is 3.94. The molecule has 0 radical (unpaired) electrons. The number of methoxy groups -OCH3 is 1. The van der Waals surface area contributed by atoms with Gasteiger partial charge in [-0.15, -0.1) is 5.54 Å². The van der Waals surface area contributed by atoms with Crippen LogP contribution in [0.2, 0.25) is 16.6 Å². The highest BCUT2D eigenvalue weighted by Crippen LogP contribution is 2.45. The second-order valence-electron chi connectivity index (χ2n) is 20.4. The molecule has 4 atom stereocenters. The zero-order valence-corrected chi connectivity index (χ0v) is 40.2. The monoisotopic (exact) mass is 894 g/mol. The molecule has 4 saturated heterocycles. The van der Waals surface area contributed by atoms with Crippen LogP contribution < -0.4 is 14.4 Å². The van der Waals surface area contributed by atoms with E-state index < -0.39 is 31.2 Å². The van der Waals surface area contributed by atoms with E-state index in [2.05, 4.69) is 69.4 Å². The van der Waals surface area contributed by atoms with Crippen LogP contribution >= 0.6 is 0 Å². The second kappa shape index (κ2) is 17.5. The minimum absolute atomic E-state index is 0.000752. The lowest BCUT2D eigenvalue weighted by Gasteiger charge is -2.42. The fraction of sp³-hybridized carbons (Fsp3) is 0.560. The van der Waals surface area contributed by atoms with Crippen molar-refractivity contribution in [1.29, 1.82) is 0 Å². The standard InChI is InChI=1S/C50H64F2N6O5Si/c1-30(2)64(31(3)4,32(5)6)18-17-34-13-12-14-35-19-39(62-29-60-11)20-40(42(34)35)44-43(52)45-41(23-53-44)46(56-26-37-15-16-38(27-56)58(37)48(59)63-49(8,9)10)55-47(54-45)61-28-50-21-33(7)24-57(50)25-36(51)22-50/h12-14,19-20,23,30-32,36-38H,7,15-16,21-22,24-29H2,1-6,8-11H3/t36?,37-,38+,50?. The number of fused-ring (bicyclic) bond motifs is 5. The van der Waals surface area contributed by atoms with Crippen LogP contribution in [0, 0.1) is 17.3 Å². The summed E-state index contributed by atoms with van der Waals surface area (Å²) >= 11 is 0. The van der Waals surface area contributed by atoms with Crippen molar-refractivity contribution in [3.8, 4) is 34.5 Å². The topological polar surface area (TPSA) is 102 Å². The van der Waals surface area contributed by atoms with E-state index in [-0.39, 0.29) is 48.8 Å². The van der Waals surface area contributed by atoms with Crippen molar-refractivity contribution in [2.24, 2.45) is 0 Å². The van der Waals surface area contributed by atoms with Gasteiger partial charge in [0.15, 0.2) is 12.6 Å². The molecule has 0 N–H and O–H groups in total. The number of piperazine rings is 1. The van der Waals surface area contributed by atoms with Crippen LogP contribution in [0.4, 0.5) is 19.4 Å². The van der Waals surface area contributed by atoms with Gasteiger partial charge in [0.1, 0.15) is 49.2 Å². The van der Waals surface area contributed by atoms with Gasteiger partial charge in [-0.2, -0.15) is 9.97 Å². The lowest BCUT2D eigenvalue weighted by molar-refractivity contribution is 0.0122. The molecule has 2 bridgehead atoms. The molecular formula is C50H64F2N6O5Si. The molecule has 0 aliphatic carbocycles. The van der Waals surface area contributed by atoms with Crippen LogP contribution in [0.25, 0.3) is 32.9 Å². The Morgan fingerprint density at radius 1 is 1.02 bits per heavy atom. The van der Waals surface area contributed by atoms with E-state index >= 15 is 4.39 Å². The Morgan fingerprint density at radius 3 is 2.38 bits per heavy atom. The lowest BCUT2D eigenvalue weighted by Crippen LogP contribution is -2.57. The number of hydrogen-bond acceptors (Lipinski definition) is 10. The SMILES string of the molecule is C=C1CN2CC(F)CC2(COc2nc(N3C[C@H]4CC[C@@H](C3)N4C(=O)OC(C)(C)C)c3cnc(-c4cc(OCOC)cc5cccc(C#C[Si](C(C)C)(C(C)C)C(C)C)c45)c(F)c3n2)C1. The maximum Gasteiger partial charge on any atom is 0.410 e. The Hall–Kier alpha value is -4.84. The summed E-state index contributed by atoms with van der Waals surface area (Å²) in [7, 11) is -0.593. The number of benzene rings is 2. The van der Waals surface area contributed by atoms with Crippen LogP contribution in [0.15, 0.2) is 48.7 Å². The van der Waals surface area contributed by atoms with Crippen molar-refractivity contribution in [3.05, 3.63) is 60.1 Å². The highest BCUT2D eigenvalue weighted by atomic mass is 28.3. The molecule has 14 heteroatoms. The van der Waals surface area contributed by atoms with Gasteiger partial charge in [-0.1, -0.05) is 71.7 Å². The number of anilines is 1. The summed E-state index contributed by atoms with van der Waals surface area (Å²) in [5, 5.41) is 1.99. The van der Waals surface area contributed by atoms with Crippen LogP contribution in [0.1, 0.15) is 93.6 Å². The third-order valence-electron chi connectivity index (χ3n) is 14.0. The first-order valence-electron chi connectivity index (χ1n) is 22.9. The molecule has 4 fully saturated rings. The van der Waals surface area contributed by atoms with E-state index in [1.807, 2.05) is 49.9 Å². The third kappa shape index (κ3) is 8.44. The molecule has 0 spiro atoms. The fourth-order valence-corrected chi connectivity index (χ4v) is 16.6. The molecule has 6 heterocycles. The predicted octanol–water partition coefficient (Wildman–Crippen LogP) is 10.2. The molecule has 342 valence electrons. The number of rotatable bonds is 11. The van der Waals surface area contributed by atoms with E-state index in [0.717, 1.165) is 34.8 Å². The van der Waals surface area contributed by atoms with Gasteiger partial charge in [-0.25, -0.2) is 13.6 Å². The number of carbonyl (C=O) groups is 1. The van der Waals surface area contributed by atoms with E-state index in [9.17, 15) is 9.18 Å². The summed E-state index contributed by atoms with van der Waals surface area (Å²) in [6.45, 7) is 25.5. The molecule has 2 aromatic heterocycles. The van der Waals surface area contributed by atoms with Gasteiger partial charge in [0.2, 0.25) is 0 Å². The molecule has 8 rings (SSSR count). The van der Waals surface area contributed by atoms with Gasteiger partial charge >= 0.3 is 12.1 Å². The normalized spacial score (nSPS) is 22.5. The number of amides is 1. The molecular weight excluding hydrogens is 831 g/mol. The van der Waals surface area contributed by atoms with Crippen molar-refractivity contribution in [2.75, 3.05) is 51.6 Å². The Kier molecular flexibility index (Phi) is 12.5. The molecule has 0 saturated carbocycles. The summed E-state index contributed by atoms with van der Waals surface area (Å²) in [6.07, 6.45) is 2.81. The predicted molar refractivity (Wildman–Crippen MR) is 251 cm³/mol. The molecule has 4 aliphatic rings. The molecule has 2 unspecified atom stereocenters. The van der Waals surface area contributed by atoms with Crippen molar-refractivity contribution in [1.82, 2.24) is 24.8 Å². The maximum atomic E-state index is 17.9. The summed E-state index contributed by atoms with van der Waals surface area (Å²) < 4.78 is 56.4. The quantitative estimate of drug-likeness (QED) is 0.0626. The van der Waals surface area contributed by atoms with E-state index in [4.69, 9.17) is 33.9 Å². The number of aromatic nitrogens is 3. The lowest BCUT2D eigenvalue weighted by atomic mass is 9.93. The molecule has 1 amide bonds. The Morgan fingerprint density at radius 2 is 1.72 bits per heavy atom. The van der Waals surface area contributed by atoms with Crippen LogP contribution in [0.5, 0.6) is 11.8 Å². The van der Waals surface area contributed by atoms with Gasteiger partial charge in [-0.3, -0.25) is 14.8 Å². The number of ether oxygens (including phenoxy) is 4. The highest BCUT2D eigenvalue weighted by Gasteiger charge is 2.51. The largest absolute Gasteiger partial charge is 0.468 e. The molecule has 4 aliphatic heterocycles. The molecule has 11 nitrogen and oxygen atoms in total. The first-order valence-corrected chi connectivity index (χ1v) is 25.1. The van der Waals surface area contributed by atoms with E-state index in [1.54, 1.807) is 19.4 Å². The number of nitrogens with zero attached hydrogens (tertiary/aromatic N) is 6. The number of halogens is 2. The Balaban J connectivity index is 1.27. The van der Waals surface area contributed by atoms with Gasteiger partial charge in [0.05, 0.1) is 23.0 Å². The number of hydrogen-bond donors (Lipinski definition) is 0. The third-order valence-corrected chi connectivity index (χ3v) is 20.3. The first-order chi connectivity index (χ1) is 30.3. The van der Waals surface area contributed by atoms with E-state index in [0.29, 0.717) is 78.2 Å². The van der Waals surface area contributed by atoms with Crippen LogP contribution in [0.3, 0.4) is 0 Å². The van der Waals surface area contributed by atoms with Gasteiger partial charge < -0.3 is 23.8 Å². The Labute approximate surface area is 377 Å². The van der Waals surface area contributed by atoms with Crippen molar-refractivity contribution < 1.29 is 32.5 Å². The van der Waals surface area contributed by atoms with E-state index in [1.165, 1.54) is 0 Å². The minimum atomic E-state index is -2.15. The van der Waals surface area contributed by atoms with Crippen molar-refractivity contribution in [2.45, 2.75) is 134 Å². The molecule has 4 aromatic rings. The van der Waals surface area contributed by atoms with Crippen LogP contribution in [-0.4, -0.2) is 115 Å². The zero-order valence-electron chi connectivity index (χ0n) is 39.2.